The van der Waals surface area contributed by atoms with Gasteiger partial charge in [0, 0.05) is 6.42 Å². The van der Waals surface area contributed by atoms with Gasteiger partial charge in [-0.3, -0.25) is 4.79 Å². The maximum Gasteiger partial charge on any atom is 0.306 e. The molecule has 0 aromatic rings. The molecule has 19 heavy (non-hydrogen) atoms. The van der Waals surface area contributed by atoms with Crippen LogP contribution in [0.4, 0.5) is 0 Å². The molecule has 0 radical (unpaired) electrons. The minimum Gasteiger partial charge on any atom is -0.460 e. The van der Waals surface area contributed by atoms with Gasteiger partial charge in [-0.1, -0.05) is 33.6 Å². The maximum absolute atomic E-state index is 11.8. The third kappa shape index (κ3) is 7.59. The minimum atomic E-state index is -0.347. The van der Waals surface area contributed by atoms with E-state index in [9.17, 15) is 4.79 Å². The summed E-state index contributed by atoms with van der Waals surface area (Å²) in [6.07, 6.45) is 6.88. The predicted molar refractivity (Wildman–Crippen MR) is 80.0 cm³/mol. The van der Waals surface area contributed by atoms with E-state index in [0.717, 1.165) is 5.92 Å². The molecule has 0 heterocycles. The number of ether oxygens (including phenoxy) is 1. The van der Waals surface area contributed by atoms with Crippen LogP contribution in [-0.4, -0.2) is 11.6 Å². The fraction of sp³-hybridized carbons (Fsp3) is 0.941. The Labute approximate surface area is 119 Å². The van der Waals surface area contributed by atoms with Crippen LogP contribution in [0.3, 0.4) is 0 Å². The van der Waals surface area contributed by atoms with Crippen LogP contribution in [0.5, 0.6) is 0 Å². The van der Waals surface area contributed by atoms with E-state index in [-0.39, 0.29) is 11.6 Å². The van der Waals surface area contributed by atoms with Gasteiger partial charge in [0.25, 0.3) is 0 Å². The van der Waals surface area contributed by atoms with Crippen LogP contribution >= 0.6 is 0 Å². The minimum absolute atomic E-state index is 0.0215. The molecule has 1 rings (SSSR count). The van der Waals surface area contributed by atoms with Crippen molar-refractivity contribution >= 4 is 5.97 Å². The van der Waals surface area contributed by atoms with E-state index >= 15 is 0 Å². The van der Waals surface area contributed by atoms with Crippen LogP contribution in [0, 0.1) is 17.3 Å². The summed E-state index contributed by atoms with van der Waals surface area (Å²) in [5.41, 5.74) is 0.0865. The van der Waals surface area contributed by atoms with E-state index in [4.69, 9.17) is 4.74 Å². The van der Waals surface area contributed by atoms with Crippen LogP contribution in [-0.2, 0) is 9.53 Å². The van der Waals surface area contributed by atoms with Crippen molar-refractivity contribution in [1.29, 1.82) is 0 Å². The Morgan fingerprint density at radius 1 is 0.947 bits per heavy atom. The first-order chi connectivity index (χ1) is 8.55. The van der Waals surface area contributed by atoms with Gasteiger partial charge in [-0.15, -0.1) is 0 Å². The molecule has 0 spiro atoms. The Morgan fingerprint density at radius 3 is 1.84 bits per heavy atom. The first kappa shape index (κ1) is 16.5. The van der Waals surface area contributed by atoms with Crippen molar-refractivity contribution in [3.05, 3.63) is 0 Å². The Hall–Kier alpha value is -0.530. The summed E-state index contributed by atoms with van der Waals surface area (Å²) in [7, 11) is 0. The first-order valence-corrected chi connectivity index (χ1v) is 7.77. The van der Waals surface area contributed by atoms with Gasteiger partial charge in [-0.05, 0) is 57.3 Å². The van der Waals surface area contributed by atoms with Gasteiger partial charge in [0.2, 0.25) is 0 Å². The molecule has 1 saturated carbocycles. The summed E-state index contributed by atoms with van der Waals surface area (Å²) in [6, 6.07) is 0. The second kappa shape index (κ2) is 6.28. The molecule has 0 aromatic carbocycles. The topological polar surface area (TPSA) is 26.3 Å². The Kier molecular flexibility index (Phi) is 5.46. The van der Waals surface area contributed by atoms with Crippen LogP contribution < -0.4 is 0 Å². The summed E-state index contributed by atoms with van der Waals surface area (Å²) >= 11 is 0. The summed E-state index contributed by atoms with van der Waals surface area (Å²) in [4.78, 5) is 11.8. The number of carbonyl (C=O) groups is 1. The van der Waals surface area contributed by atoms with Crippen molar-refractivity contribution in [2.75, 3.05) is 0 Å². The van der Waals surface area contributed by atoms with Gasteiger partial charge >= 0.3 is 5.97 Å². The highest BCUT2D eigenvalue weighted by Crippen LogP contribution is 2.37. The highest BCUT2D eigenvalue weighted by Gasteiger charge is 2.27. The van der Waals surface area contributed by atoms with E-state index in [0.29, 0.717) is 17.8 Å². The van der Waals surface area contributed by atoms with Crippen molar-refractivity contribution in [2.45, 2.75) is 85.7 Å². The lowest BCUT2D eigenvalue weighted by Crippen LogP contribution is -2.27. The van der Waals surface area contributed by atoms with Crippen LogP contribution in [0.1, 0.15) is 80.1 Å². The third-order valence-electron chi connectivity index (χ3n) is 3.74. The SMILES string of the molecule is CC(C)(C)C[C@H]1CC[C@@H](CC(=O)OC(C)(C)C)CC1. The molecule has 2 nitrogen and oxygen atoms in total. The zero-order chi connectivity index (χ0) is 14.7. The van der Waals surface area contributed by atoms with Gasteiger partial charge < -0.3 is 4.74 Å². The van der Waals surface area contributed by atoms with E-state index in [1.165, 1.54) is 32.1 Å². The number of rotatable bonds is 3. The molecule has 0 amide bonds. The molecular weight excluding hydrogens is 236 g/mol. The first-order valence-electron chi connectivity index (χ1n) is 7.77. The van der Waals surface area contributed by atoms with Gasteiger partial charge in [0.15, 0.2) is 0 Å². The Bertz CT molecular complexity index is 285. The lowest BCUT2D eigenvalue weighted by molar-refractivity contribution is -0.156. The molecule has 1 fully saturated rings. The van der Waals surface area contributed by atoms with Crippen LogP contribution in [0.15, 0.2) is 0 Å². The molecule has 0 N–H and O–H groups in total. The summed E-state index contributed by atoms with van der Waals surface area (Å²) in [6.45, 7) is 12.8. The molecule has 0 unspecified atom stereocenters. The fourth-order valence-electron chi connectivity index (χ4n) is 3.12. The van der Waals surface area contributed by atoms with Crippen LogP contribution in [0.2, 0.25) is 0 Å². The molecule has 0 aliphatic heterocycles. The molecular formula is C17H32O2. The van der Waals surface area contributed by atoms with Crippen molar-refractivity contribution in [3.8, 4) is 0 Å². The highest BCUT2D eigenvalue weighted by molar-refractivity contribution is 5.70. The predicted octanol–water partition coefficient (Wildman–Crippen LogP) is 4.96. The third-order valence-corrected chi connectivity index (χ3v) is 3.74. The average molecular weight is 268 g/mol. The molecule has 112 valence electrons. The monoisotopic (exact) mass is 268 g/mol. The normalized spacial score (nSPS) is 25.2. The van der Waals surface area contributed by atoms with Crippen molar-refractivity contribution in [2.24, 2.45) is 17.3 Å². The second-order valence-electron chi connectivity index (χ2n) is 8.44. The fourth-order valence-corrected chi connectivity index (χ4v) is 3.12. The smallest absolute Gasteiger partial charge is 0.306 e. The van der Waals surface area contributed by atoms with Gasteiger partial charge in [-0.2, -0.15) is 0 Å². The van der Waals surface area contributed by atoms with Crippen molar-refractivity contribution < 1.29 is 9.53 Å². The molecule has 1 aliphatic carbocycles. The lowest BCUT2D eigenvalue weighted by Gasteiger charge is -2.32. The lowest BCUT2D eigenvalue weighted by atomic mass is 9.74. The van der Waals surface area contributed by atoms with Crippen molar-refractivity contribution in [3.63, 3.8) is 0 Å². The molecule has 0 atom stereocenters. The quantitative estimate of drug-likeness (QED) is 0.676. The average Bonchev–Trinajstić information content (AvgIpc) is 2.15. The summed E-state index contributed by atoms with van der Waals surface area (Å²) < 4.78 is 5.41. The number of esters is 1. The summed E-state index contributed by atoms with van der Waals surface area (Å²) in [5, 5.41) is 0. The van der Waals surface area contributed by atoms with E-state index < -0.39 is 0 Å². The van der Waals surface area contributed by atoms with Crippen molar-refractivity contribution in [1.82, 2.24) is 0 Å². The highest BCUT2D eigenvalue weighted by atomic mass is 16.6. The number of carbonyl (C=O) groups excluding carboxylic acids is 1. The van der Waals surface area contributed by atoms with E-state index in [1.54, 1.807) is 0 Å². The molecule has 0 aromatic heterocycles. The molecule has 2 heteroatoms. The zero-order valence-electron chi connectivity index (χ0n) is 13.7. The maximum atomic E-state index is 11.8. The van der Waals surface area contributed by atoms with E-state index in [1.807, 2.05) is 20.8 Å². The zero-order valence-corrected chi connectivity index (χ0v) is 13.7. The van der Waals surface area contributed by atoms with Crippen LogP contribution in [0.25, 0.3) is 0 Å². The van der Waals surface area contributed by atoms with Gasteiger partial charge in [-0.25, -0.2) is 0 Å². The largest absolute Gasteiger partial charge is 0.460 e. The van der Waals surface area contributed by atoms with Gasteiger partial charge in [0.05, 0.1) is 0 Å². The Morgan fingerprint density at radius 2 is 1.42 bits per heavy atom. The number of hydrogen-bond acceptors (Lipinski definition) is 2. The molecule has 1 aliphatic rings. The summed E-state index contributed by atoms with van der Waals surface area (Å²) in [5.74, 6) is 1.38. The second-order valence-corrected chi connectivity index (χ2v) is 8.44. The Balaban J connectivity index is 2.29. The van der Waals surface area contributed by atoms with E-state index in [2.05, 4.69) is 20.8 Å². The van der Waals surface area contributed by atoms with Gasteiger partial charge in [0.1, 0.15) is 5.60 Å². The standard InChI is InChI=1S/C17H32O2/c1-16(2,3)12-14-9-7-13(8-10-14)11-15(18)19-17(4,5)6/h13-14H,7-12H2,1-6H3/t13-,14+. The molecule has 0 saturated heterocycles. The number of hydrogen-bond donors (Lipinski definition) is 0. The molecule has 0 bridgehead atoms.